The summed E-state index contributed by atoms with van der Waals surface area (Å²) in [6.07, 6.45) is 0.213. The van der Waals surface area contributed by atoms with Crippen molar-refractivity contribution in [3.05, 3.63) is 0 Å². The predicted octanol–water partition coefficient (Wildman–Crippen LogP) is 1.82. The Morgan fingerprint density at radius 2 is 2.09 bits per heavy atom. The van der Waals surface area contributed by atoms with Crippen molar-refractivity contribution in [2.24, 2.45) is 0 Å². The van der Waals surface area contributed by atoms with E-state index in [1.165, 1.54) is 6.92 Å². The molecule has 66 valence electrons. The fraction of sp³-hybridized carbons (Fsp3) is 1.00. The van der Waals surface area contributed by atoms with Gasteiger partial charge in [0.2, 0.25) is 0 Å². The Labute approximate surface area is 66.2 Å². The van der Waals surface area contributed by atoms with Gasteiger partial charge in [-0.15, -0.1) is 0 Å². The molecule has 3 heteroatoms. The van der Waals surface area contributed by atoms with Crippen LogP contribution in [0.15, 0.2) is 0 Å². The third-order valence-electron chi connectivity index (χ3n) is 2.17. The summed E-state index contributed by atoms with van der Waals surface area (Å²) in [5, 5.41) is 2.99. The molecular weight excluding hydrogens is 148 g/mol. The van der Waals surface area contributed by atoms with E-state index in [2.05, 4.69) is 5.32 Å². The summed E-state index contributed by atoms with van der Waals surface area (Å²) < 4.78 is 25.4. The van der Waals surface area contributed by atoms with Gasteiger partial charge >= 0.3 is 0 Å². The van der Waals surface area contributed by atoms with Gasteiger partial charge in [-0.1, -0.05) is 6.42 Å². The molecule has 11 heavy (non-hydrogen) atoms. The molecular formula is C8H15F2N. The highest BCUT2D eigenvalue weighted by Gasteiger charge is 2.27. The lowest BCUT2D eigenvalue weighted by Crippen LogP contribution is -2.44. The van der Waals surface area contributed by atoms with Crippen LogP contribution in [0.1, 0.15) is 26.2 Å². The van der Waals surface area contributed by atoms with Gasteiger partial charge in [0.05, 0.1) is 0 Å². The standard InChI is InChI=1S/C8H15F2N/c1-6(9)8(10)7-4-2-3-5-11-7/h6-8,11H,2-5H2,1H3. The van der Waals surface area contributed by atoms with Crippen LogP contribution in [0.25, 0.3) is 0 Å². The lowest BCUT2D eigenvalue weighted by molar-refractivity contribution is 0.125. The van der Waals surface area contributed by atoms with Crippen LogP contribution in [0.5, 0.6) is 0 Å². The van der Waals surface area contributed by atoms with Crippen LogP contribution in [0.4, 0.5) is 8.78 Å². The molecule has 1 nitrogen and oxygen atoms in total. The van der Waals surface area contributed by atoms with Crippen LogP contribution in [-0.4, -0.2) is 24.9 Å². The summed E-state index contributed by atoms with van der Waals surface area (Å²) in [4.78, 5) is 0. The number of hydrogen-bond donors (Lipinski definition) is 1. The maximum absolute atomic E-state index is 13.0. The van der Waals surface area contributed by atoms with E-state index in [9.17, 15) is 8.78 Å². The first kappa shape index (κ1) is 8.91. The van der Waals surface area contributed by atoms with Gasteiger partial charge in [-0.05, 0) is 26.3 Å². The van der Waals surface area contributed by atoms with Crippen molar-refractivity contribution < 1.29 is 8.78 Å². The van der Waals surface area contributed by atoms with Gasteiger partial charge < -0.3 is 5.32 Å². The molecule has 1 rings (SSSR count). The average molecular weight is 163 g/mol. The van der Waals surface area contributed by atoms with Crippen LogP contribution in [0.2, 0.25) is 0 Å². The molecule has 3 unspecified atom stereocenters. The molecule has 0 amide bonds. The Balaban J connectivity index is 2.32. The molecule has 0 aromatic rings. The van der Waals surface area contributed by atoms with Crippen LogP contribution in [0, 0.1) is 0 Å². The van der Waals surface area contributed by atoms with E-state index in [0.717, 1.165) is 25.8 Å². The fourth-order valence-corrected chi connectivity index (χ4v) is 1.47. The number of halogens is 2. The van der Waals surface area contributed by atoms with E-state index in [4.69, 9.17) is 0 Å². The molecule has 1 heterocycles. The Hall–Kier alpha value is -0.180. The van der Waals surface area contributed by atoms with Gasteiger partial charge in [0, 0.05) is 6.04 Å². The van der Waals surface area contributed by atoms with Gasteiger partial charge in [-0.3, -0.25) is 0 Å². The molecule has 1 fully saturated rings. The van der Waals surface area contributed by atoms with Crippen molar-refractivity contribution in [1.29, 1.82) is 0 Å². The fourth-order valence-electron chi connectivity index (χ4n) is 1.47. The Kier molecular flexibility index (Phi) is 3.24. The SMILES string of the molecule is CC(F)C(F)C1CCCCN1. The number of rotatable bonds is 2. The van der Waals surface area contributed by atoms with Crippen molar-refractivity contribution in [3.8, 4) is 0 Å². The molecule has 1 N–H and O–H groups in total. The molecule has 0 aliphatic carbocycles. The van der Waals surface area contributed by atoms with E-state index in [-0.39, 0.29) is 6.04 Å². The van der Waals surface area contributed by atoms with Crippen molar-refractivity contribution in [3.63, 3.8) is 0 Å². The smallest absolute Gasteiger partial charge is 0.146 e. The zero-order chi connectivity index (χ0) is 8.27. The van der Waals surface area contributed by atoms with E-state index in [0.29, 0.717) is 0 Å². The molecule has 1 aliphatic rings. The Morgan fingerprint density at radius 3 is 2.55 bits per heavy atom. The minimum Gasteiger partial charge on any atom is -0.311 e. The second-order valence-corrected chi connectivity index (χ2v) is 3.18. The van der Waals surface area contributed by atoms with Crippen molar-refractivity contribution in [2.45, 2.75) is 44.6 Å². The van der Waals surface area contributed by atoms with Crippen LogP contribution in [0.3, 0.4) is 0 Å². The van der Waals surface area contributed by atoms with Crippen molar-refractivity contribution >= 4 is 0 Å². The molecule has 0 bridgehead atoms. The quantitative estimate of drug-likeness (QED) is 0.654. The maximum Gasteiger partial charge on any atom is 0.146 e. The second kappa shape index (κ2) is 4.00. The Bertz CT molecular complexity index is 111. The maximum atomic E-state index is 13.0. The summed E-state index contributed by atoms with van der Waals surface area (Å²) in [6.45, 7) is 2.11. The average Bonchev–Trinajstić information content (AvgIpc) is 2.05. The number of nitrogens with one attached hydrogen (secondary N) is 1. The zero-order valence-electron chi connectivity index (χ0n) is 6.82. The third-order valence-corrected chi connectivity index (χ3v) is 2.17. The Morgan fingerprint density at radius 1 is 1.36 bits per heavy atom. The lowest BCUT2D eigenvalue weighted by Gasteiger charge is -2.27. The van der Waals surface area contributed by atoms with Crippen LogP contribution in [-0.2, 0) is 0 Å². The number of alkyl halides is 2. The highest BCUT2D eigenvalue weighted by atomic mass is 19.2. The topological polar surface area (TPSA) is 12.0 Å². The van der Waals surface area contributed by atoms with Gasteiger partial charge in [0.1, 0.15) is 12.3 Å². The normalized spacial score (nSPS) is 31.4. The molecule has 0 aromatic heterocycles. The molecule has 0 spiro atoms. The highest BCUT2D eigenvalue weighted by molar-refractivity contribution is 4.82. The summed E-state index contributed by atoms with van der Waals surface area (Å²) in [6, 6.07) is -0.247. The van der Waals surface area contributed by atoms with Gasteiger partial charge in [0.25, 0.3) is 0 Å². The lowest BCUT2D eigenvalue weighted by atomic mass is 9.99. The van der Waals surface area contributed by atoms with E-state index in [1.54, 1.807) is 0 Å². The monoisotopic (exact) mass is 163 g/mol. The summed E-state index contributed by atoms with van der Waals surface area (Å²) in [5.74, 6) is 0. The second-order valence-electron chi connectivity index (χ2n) is 3.18. The molecule has 0 radical (unpaired) electrons. The molecule has 0 aromatic carbocycles. The molecule has 3 atom stereocenters. The van der Waals surface area contributed by atoms with Gasteiger partial charge in [-0.2, -0.15) is 0 Å². The van der Waals surface area contributed by atoms with E-state index < -0.39 is 12.3 Å². The summed E-state index contributed by atoms with van der Waals surface area (Å²) >= 11 is 0. The molecule has 1 aliphatic heterocycles. The third kappa shape index (κ3) is 2.40. The first-order chi connectivity index (χ1) is 5.22. The number of piperidine rings is 1. The largest absolute Gasteiger partial charge is 0.311 e. The first-order valence-corrected chi connectivity index (χ1v) is 4.23. The van der Waals surface area contributed by atoms with Crippen molar-refractivity contribution in [2.75, 3.05) is 6.54 Å². The van der Waals surface area contributed by atoms with Gasteiger partial charge in [-0.25, -0.2) is 8.78 Å². The molecule has 0 saturated carbocycles. The number of hydrogen-bond acceptors (Lipinski definition) is 1. The van der Waals surface area contributed by atoms with E-state index in [1.807, 2.05) is 0 Å². The minimum absolute atomic E-state index is 0.247. The van der Waals surface area contributed by atoms with Crippen molar-refractivity contribution in [1.82, 2.24) is 5.32 Å². The zero-order valence-corrected chi connectivity index (χ0v) is 6.82. The summed E-state index contributed by atoms with van der Waals surface area (Å²) in [7, 11) is 0. The van der Waals surface area contributed by atoms with Gasteiger partial charge in [0.15, 0.2) is 0 Å². The molecule has 1 saturated heterocycles. The summed E-state index contributed by atoms with van der Waals surface area (Å²) in [5.41, 5.74) is 0. The van der Waals surface area contributed by atoms with Crippen LogP contribution >= 0.6 is 0 Å². The predicted molar refractivity (Wildman–Crippen MR) is 41.1 cm³/mol. The first-order valence-electron chi connectivity index (χ1n) is 4.23. The minimum atomic E-state index is -1.34. The van der Waals surface area contributed by atoms with Crippen LogP contribution < -0.4 is 5.32 Å². The highest BCUT2D eigenvalue weighted by Crippen LogP contribution is 2.16. The van der Waals surface area contributed by atoms with E-state index >= 15 is 0 Å².